The molecule has 1 saturated heterocycles. The normalized spacial score (nSPS) is 17.2. The van der Waals surface area contributed by atoms with Gasteiger partial charge in [-0.3, -0.25) is 0 Å². The molecule has 27 heavy (non-hydrogen) atoms. The molecule has 0 aromatic heterocycles. The quantitative estimate of drug-likeness (QED) is 0.763. The second-order valence-corrected chi connectivity index (χ2v) is 8.84. The van der Waals surface area contributed by atoms with Gasteiger partial charge in [0.25, 0.3) is 0 Å². The summed E-state index contributed by atoms with van der Waals surface area (Å²) in [6, 6.07) is 11.9. The molecule has 6 heteroatoms. The lowest BCUT2D eigenvalue weighted by molar-refractivity contribution is 0.0292. The lowest BCUT2D eigenvalue weighted by Gasteiger charge is -2.24. The van der Waals surface area contributed by atoms with Crippen LogP contribution in [-0.2, 0) is 4.74 Å². The SMILES string of the molecule is CC(C)(C)OC(=O)N1CC[C@@H](c2ccc(Sc3cccc(F)c3)cc2O)C1. The molecule has 1 heterocycles. The maximum atomic E-state index is 13.3. The third-order valence-corrected chi connectivity index (χ3v) is 5.29. The third kappa shape index (κ3) is 5.16. The summed E-state index contributed by atoms with van der Waals surface area (Å²) in [7, 11) is 0. The van der Waals surface area contributed by atoms with Crippen molar-refractivity contribution in [2.75, 3.05) is 13.1 Å². The second kappa shape index (κ2) is 7.80. The van der Waals surface area contributed by atoms with Crippen molar-refractivity contribution >= 4 is 17.9 Å². The zero-order valence-corrected chi connectivity index (χ0v) is 16.6. The number of amides is 1. The van der Waals surface area contributed by atoms with Gasteiger partial charge >= 0.3 is 6.09 Å². The van der Waals surface area contributed by atoms with Crippen LogP contribution < -0.4 is 0 Å². The zero-order chi connectivity index (χ0) is 19.6. The highest BCUT2D eigenvalue weighted by Gasteiger charge is 2.31. The number of carbonyl (C=O) groups is 1. The van der Waals surface area contributed by atoms with Crippen molar-refractivity contribution in [3.8, 4) is 5.75 Å². The van der Waals surface area contributed by atoms with Gasteiger partial charge in [0, 0.05) is 28.8 Å². The van der Waals surface area contributed by atoms with E-state index in [9.17, 15) is 14.3 Å². The fourth-order valence-electron chi connectivity index (χ4n) is 3.11. The number of nitrogens with zero attached hydrogens (tertiary/aromatic N) is 1. The Bertz CT molecular complexity index is 834. The molecule has 0 radical (unpaired) electrons. The molecule has 0 bridgehead atoms. The summed E-state index contributed by atoms with van der Waals surface area (Å²) in [5.74, 6) is -0.00721. The van der Waals surface area contributed by atoms with Crippen LogP contribution in [0.3, 0.4) is 0 Å². The lowest BCUT2D eigenvalue weighted by atomic mass is 9.97. The van der Waals surface area contributed by atoms with E-state index in [2.05, 4.69) is 0 Å². The van der Waals surface area contributed by atoms with Gasteiger partial charge in [-0.05, 0) is 63.1 Å². The summed E-state index contributed by atoms with van der Waals surface area (Å²) in [4.78, 5) is 15.5. The molecule has 0 unspecified atom stereocenters. The number of phenolic OH excluding ortho intramolecular Hbond substituents is 1. The van der Waals surface area contributed by atoms with Crippen molar-refractivity contribution in [2.45, 2.75) is 48.5 Å². The van der Waals surface area contributed by atoms with Crippen molar-refractivity contribution < 1.29 is 19.0 Å². The van der Waals surface area contributed by atoms with E-state index in [-0.39, 0.29) is 23.6 Å². The Balaban J connectivity index is 1.67. The fourth-order valence-corrected chi connectivity index (χ4v) is 4.00. The molecule has 0 aliphatic carbocycles. The summed E-state index contributed by atoms with van der Waals surface area (Å²) in [6.07, 6.45) is 0.464. The first-order valence-corrected chi connectivity index (χ1v) is 9.77. The molecule has 1 N–H and O–H groups in total. The first-order valence-electron chi connectivity index (χ1n) is 8.95. The smallest absolute Gasteiger partial charge is 0.410 e. The van der Waals surface area contributed by atoms with Gasteiger partial charge in [0.1, 0.15) is 17.2 Å². The molecule has 1 atom stereocenters. The van der Waals surface area contributed by atoms with Gasteiger partial charge in [-0.2, -0.15) is 0 Å². The van der Waals surface area contributed by atoms with Crippen molar-refractivity contribution in [3.05, 3.63) is 53.8 Å². The van der Waals surface area contributed by atoms with E-state index in [0.29, 0.717) is 13.1 Å². The molecular weight excluding hydrogens is 365 g/mol. The largest absolute Gasteiger partial charge is 0.508 e. The summed E-state index contributed by atoms with van der Waals surface area (Å²) in [5.41, 5.74) is 0.303. The number of likely N-dealkylation sites (tertiary alicyclic amines) is 1. The number of ether oxygens (including phenoxy) is 1. The maximum Gasteiger partial charge on any atom is 0.410 e. The van der Waals surface area contributed by atoms with Crippen LogP contribution in [0.1, 0.15) is 38.7 Å². The number of carbonyl (C=O) groups excluding carboxylic acids is 1. The second-order valence-electron chi connectivity index (χ2n) is 7.69. The summed E-state index contributed by atoms with van der Waals surface area (Å²) < 4.78 is 18.7. The van der Waals surface area contributed by atoms with Crippen molar-refractivity contribution in [1.82, 2.24) is 4.90 Å². The molecule has 1 fully saturated rings. The van der Waals surface area contributed by atoms with E-state index >= 15 is 0 Å². The topological polar surface area (TPSA) is 49.8 Å². The Morgan fingerprint density at radius 2 is 1.96 bits per heavy atom. The fraction of sp³-hybridized carbons (Fsp3) is 0.381. The van der Waals surface area contributed by atoms with Crippen LogP contribution >= 0.6 is 11.8 Å². The van der Waals surface area contributed by atoms with Gasteiger partial charge in [0.15, 0.2) is 0 Å². The standard InChI is InChI=1S/C21H24FNO3S/c1-21(2,3)26-20(25)23-10-9-14(13-23)18-8-7-17(12-19(18)24)27-16-6-4-5-15(22)11-16/h4-8,11-12,14,24H,9-10,13H2,1-3H3/t14-/m1/s1. The summed E-state index contributed by atoms with van der Waals surface area (Å²) >= 11 is 1.39. The highest BCUT2D eigenvalue weighted by atomic mass is 32.2. The highest BCUT2D eigenvalue weighted by Crippen LogP contribution is 2.37. The predicted octanol–water partition coefficient (Wildman–Crippen LogP) is 5.41. The summed E-state index contributed by atoms with van der Waals surface area (Å²) in [5, 5.41) is 10.5. The van der Waals surface area contributed by atoms with Crippen molar-refractivity contribution in [1.29, 1.82) is 0 Å². The minimum atomic E-state index is -0.521. The van der Waals surface area contributed by atoms with Gasteiger partial charge in [0.2, 0.25) is 0 Å². The number of benzene rings is 2. The molecule has 2 aromatic carbocycles. The molecule has 2 aromatic rings. The lowest BCUT2D eigenvalue weighted by Crippen LogP contribution is -2.35. The van der Waals surface area contributed by atoms with Gasteiger partial charge in [0.05, 0.1) is 0 Å². The van der Waals surface area contributed by atoms with Gasteiger partial charge < -0.3 is 14.7 Å². The molecular formula is C21H24FNO3S. The van der Waals surface area contributed by atoms with Crippen LogP contribution in [0.15, 0.2) is 52.3 Å². The predicted molar refractivity (Wildman–Crippen MR) is 104 cm³/mol. The number of phenols is 1. The molecule has 1 amide bonds. The number of aromatic hydroxyl groups is 1. The average Bonchev–Trinajstić information content (AvgIpc) is 3.03. The van der Waals surface area contributed by atoms with E-state index in [1.165, 1.54) is 23.9 Å². The zero-order valence-electron chi connectivity index (χ0n) is 15.7. The molecule has 0 spiro atoms. The monoisotopic (exact) mass is 389 g/mol. The molecule has 0 saturated carbocycles. The van der Waals surface area contributed by atoms with Crippen molar-refractivity contribution in [3.63, 3.8) is 0 Å². The Kier molecular flexibility index (Phi) is 5.65. The molecule has 1 aliphatic rings. The van der Waals surface area contributed by atoms with Gasteiger partial charge in [-0.25, -0.2) is 9.18 Å². The van der Waals surface area contributed by atoms with Crippen LogP contribution in [0, 0.1) is 5.82 Å². The van der Waals surface area contributed by atoms with E-state index in [0.717, 1.165) is 21.8 Å². The minimum Gasteiger partial charge on any atom is -0.508 e. The first kappa shape index (κ1) is 19.5. The van der Waals surface area contributed by atoms with Crippen molar-refractivity contribution in [2.24, 2.45) is 0 Å². The Hall–Kier alpha value is -2.21. The Morgan fingerprint density at radius 1 is 1.22 bits per heavy atom. The minimum absolute atomic E-state index is 0.0748. The molecule has 4 nitrogen and oxygen atoms in total. The van der Waals surface area contributed by atoms with E-state index < -0.39 is 5.60 Å². The van der Waals surface area contributed by atoms with E-state index in [1.54, 1.807) is 17.0 Å². The molecule has 144 valence electrons. The third-order valence-electron chi connectivity index (χ3n) is 4.31. The van der Waals surface area contributed by atoms with Gasteiger partial charge in [-0.1, -0.05) is 23.9 Å². The van der Waals surface area contributed by atoms with Crippen LogP contribution in [0.2, 0.25) is 0 Å². The van der Waals surface area contributed by atoms with Crippen LogP contribution in [0.25, 0.3) is 0 Å². The average molecular weight is 389 g/mol. The number of hydrogen-bond donors (Lipinski definition) is 1. The number of halogens is 1. The van der Waals surface area contributed by atoms with Gasteiger partial charge in [-0.15, -0.1) is 0 Å². The Labute approximate surface area is 163 Å². The molecule has 1 aliphatic heterocycles. The first-order chi connectivity index (χ1) is 12.7. The Morgan fingerprint density at radius 3 is 2.63 bits per heavy atom. The number of hydrogen-bond acceptors (Lipinski definition) is 4. The number of rotatable bonds is 3. The van der Waals surface area contributed by atoms with E-state index in [4.69, 9.17) is 4.74 Å². The maximum absolute atomic E-state index is 13.3. The highest BCUT2D eigenvalue weighted by molar-refractivity contribution is 7.99. The summed E-state index contributed by atoms with van der Waals surface area (Å²) in [6.45, 7) is 6.68. The van der Waals surface area contributed by atoms with Crippen LogP contribution in [0.5, 0.6) is 5.75 Å². The molecule has 3 rings (SSSR count). The van der Waals surface area contributed by atoms with Crippen LogP contribution in [0.4, 0.5) is 9.18 Å². The van der Waals surface area contributed by atoms with E-state index in [1.807, 2.05) is 39.0 Å². The van der Waals surface area contributed by atoms with Crippen LogP contribution in [-0.4, -0.2) is 34.8 Å².